The standard InChI is InChI=1S/C13H17N3O3/c1-3-13(17,4-2)9-15-11-7-10(8-14)5-6-12(11)16(18)19/h5-7,15,17H,3-4,9H2,1-2H3. The van der Waals surface area contributed by atoms with Crippen molar-refractivity contribution in [3.05, 3.63) is 33.9 Å². The van der Waals surface area contributed by atoms with E-state index in [1.807, 2.05) is 19.9 Å². The highest BCUT2D eigenvalue weighted by molar-refractivity contribution is 5.64. The van der Waals surface area contributed by atoms with E-state index in [-0.39, 0.29) is 17.9 Å². The molecule has 0 spiro atoms. The van der Waals surface area contributed by atoms with E-state index in [4.69, 9.17) is 5.26 Å². The summed E-state index contributed by atoms with van der Waals surface area (Å²) < 4.78 is 0. The highest BCUT2D eigenvalue weighted by Crippen LogP contribution is 2.26. The first-order chi connectivity index (χ1) is 8.95. The zero-order chi connectivity index (χ0) is 14.5. The quantitative estimate of drug-likeness (QED) is 0.606. The van der Waals surface area contributed by atoms with Gasteiger partial charge in [0, 0.05) is 12.6 Å². The van der Waals surface area contributed by atoms with E-state index in [0.29, 0.717) is 18.4 Å². The van der Waals surface area contributed by atoms with Crippen LogP contribution in [0.4, 0.5) is 11.4 Å². The highest BCUT2D eigenvalue weighted by Gasteiger charge is 2.23. The summed E-state index contributed by atoms with van der Waals surface area (Å²) in [7, 11) is 0. The van der Waals surface area contributed by atoms with Crippen LogP contribution in [0.2, 0.25) is 0 Å². The van der Waals surface area contributed by atoms with Gasteiger partial charge in [-0.15, -0.1) is 0 Å². The molecule has 0 bridgehead atoms. The van der Waals surface area contributed by atoms with Crippen LogP contribution in [0.3, 0.4) is 0 Å². The van der Waals surface area contributed by atoms with Crippen molar-refractivity contribution in [2.24, 2.45) is 0 Å². The number of nitro groups is 1. The number of nitro benzene ring substituents is 1. The minimum Gasteiger partial charge on any atom is -0.388 e. The first-order valence-electron chi connectivity index (χ1n) is 6.10. The molecular formula is C13H17N3O3. The van der Waals surface area contributed by atoms with Crippen LogP contribution in [0.25, 0.3) is 0 Å². The fraction of sp³-hybridized carbons (Fsp3) is 0.462. The average molecular weight is 263 g/mol. The Kier molecular flexibility index (Phi) is 4.84. The van der Waals surface area contributed by atoms with Crippen molar-refractivity contribution in [2.45, 2.75) is 32.3 Å². The maximum absolute atomic E-state index is 10.9. The number of hydrogen-bond acceptors (Lipinski definition) is 5. The van der Waals surface area contributed by atoms with E-state index in [1.165, 1.54) is 18.2 Å². The van der Waals surface area contributed by atoms with Crippen LogP contribution < -0.4 is 5.32 Å². The summed E-state index contributed by atoms with van der Waals surface area (Å²) in [5.41, 5.74) is -0.418. The number of hydrogen-bond donors (Lipinski definition) is 2. The number of aliphatic hydroxyl groups is 1. The second kappa shape index (κ2) is 6.16. The topological polar surface area (TPSA) is 99.2 Å². The van der Waals surface area contributed by atoms with Gasteiger partial charge >= 0.3 is 0 Å². The van der Waals surface area contributed by atoms with Crippen LogP contribution in [0, 0.1) is 21.4 Å². The lowest BCUT2D eigenvalue weighted by Crippen LogP contribution is -2.35. The second-order valence-corrected chi connectivity index (χ2v) is 4.39. The number of nitrogens with one attached hydrogen (secondary N) is 1. The molecule has 0 fully saturated rings. The lowest BCUT2D eigenvalue weighted by Gasteiger charge is -2.25. The summed E-state index contributed by atoms with van der Waals surface area (Å²) in [4.78, 5) is 10.4. The Balaban J connectivity index is 2.99. The van der Waals surface area contributed by atoms with Crippen molar-refractivity contribution in [1.29, 1.82) is 5.26 Å². The SMILES string of the molecule is CCC(O)(CC)CNc1cc(C#N)ccc1[N+](=O)[O-]. The van der Waals surface area contributed by atoms with Crippen molar-refractivity contribution in [2.75, 3.05) is 11.9 Å². The zero-order valence-corrected chi connectivity index (χ0v) is 11.0. The minimum absolute atomic E-state index is 0.103. The van der Waals surface area contributed by atoms with Crippen LogP contribution >= 0.6 is 0 Å². The van der Waals surface area contributed by atoms with Crippen molar-refractivity contribution in [3.8, 4) is 6.07 Å². The number of anilines is 1. The molecule has 0 amide bonds. The normalized spacial score (nSPS) is 10.8. The summed E-state index contributed by atoms with van der Waals surface area (Å²) in [6.45, 7) is 3.91. The molecule has 0 saturated carbocycles. The molecule has 102 valence electrons. The van der Waals surface area contributed by atoms with E-state index >= 15 is 0 Å². The van der Waals surface area contributed by atoms with Crippen LogP contribution in [-0.4, -0.2) is 22.2 Å². The predicted octanol–water partition coefficient (Wildman–Crippen LogP) is 2.43. The van der Waals surface area contributed by atoms with Gasteiger partial charge in [0.2, 0.25) is 0 Å². The van der Waals surface area contributed by atoms with Gasteiger partial charge < -0.3 is 10.4 Å². The van der Waals surface area contributed by atoms with Gasteiger partial charge in [-0.1, -0.05) is 13.8 Å². The first kappa shape index (κ1) is 14.9. The smallest absolute Gasteiger partial charge is 0.292 e. The predicted molar refractivity (Wildman–Crippen MR) is 71.8 cm³/mol. The van der Waals surface area contributed by atoms with Crippen molar-refractivity contribution in [3.63, 3.8) is 0 Å². The molecule has 1 aromatic rings. The maximum atomic E-state index is 10.9. The van der Waals surface area contributed by atoms with Crippen LogP contribution in [-0.2, 0) is 0 Å². The maximum Gasteiger partial charge on any atom is 0.292 e. The van der Waals surface area contributed by atoms with E-state index in [1.54, 1.807) is 0 Å². The molecule has 0 aliphatic heterocycles. The van der Waals surface area contributed by atoms with Gasteiger partial charge in [0.1, 0.15) is 5.69 Å². The van der Waals surface area contributed by atoms with Gasteiger partial charge in [-0.3, -0.25) is 10.1 Å². The number of nitriles is 1. The fourth-order valence-electron chi connectivity index (χ4n) is 1.67. The Labute approximate surface area is 111 Å². The monoisotopic (exact) mass is 263 g/mol. The summed E-state index contributed by atoms with van der Waals surface area (Å²) >= 11 is 0. The molecule has 1 aromatic carbocycles. The van der Waals surface area contributed by atoms with Crippen LogP contribution in [0.5, 0.6) is 0 Å². The zero-order valence-electron chi connectivity index (χ0n) is 11.0. The van der Waals surface area contributed by atoms with Crippen LogP contribution in [0.1, 0.15) is 32.3 Å². The molecule has 6 heteroatoms. The second-order valence-electron chi connectivity index (χ2n) is 4.39. The minimum atomic E-state index is -0.906. The Morgan fingerprint density at radius 2 is 2.11 bits per heavy atom. The van der Waals surface area contributed by atoms with Gasteiger partial charge in [-0.05, 0) is 25.0 Å². The molecule has 19 heavy (non-hydrogen) atoms. The molecule has 0 radical (unpaired) electrons. The summed E-state index contributed by atoms with van der Waals surface area (Å²) in [6, 6.07) is 6.04. The Morgan fingerprint density at radius 1 is 1.47 bits per heavy atom. The first-order valence-corrected chi connectivity index (χ1v) is 6.10. The summed E-state index contributed by atoms with van der Waals surface area (Å²) in [6.07, 6.45) is 1.09. The molecule has 6 nitrogen and oxygen atoms in total. The molecule has 0 saturated heterocycles. The lowest BCUT2D eigenvalue weighted by molar-refractivity contribution is -0.384. The fourth-order valence-corrected chi connectivity index (χ4v) is 1.67. The summed E-state index contributed by atoms with van der Waals surface area (Å²) in [5.74, 6) is 0. The lowest BCUT2D eigenvalue weighted by atomic mass is 9.97. The molecule has 0 heterocycles. The van der Waals surface area contributed by atoms with Gasteiger partial charge in [0.15, 0.2) is 0 Å². The third kappa shape index (κ3) is 3.66. The molecule has 0 aliphatic rings. The van der Waals surface area contributed by atoms with E-state index in [9.17, 15) is 15.2 Å². The Hall–Kier alpha value is -2.13. The Bertz CT molecular complexity index is 504. The van der Waals surface area contributed by atoms with Gasteiger partial charge in [-0.2, -0.15) is 5.26 Å². The van der Waals surface area contributed by atoms with Crippen molar-refractivity contribution in [1.82, 2.24) is 0 Å². The number of nitrogens with zero attached hydrogens (tertiary/aromatic N) is 2. The van der Waals surface area contributed by atoms with Crippen molar-refractivity contribution < 1.29 is 10.0 Å². The molecule has 2 N–H and O–H groups in total. The van der Waals surface area contributed by atoms with Crippen LogP contribution in [0.15, 0.2) is 18.2 Å². The number of benzene rings is 1. The van der Waals surface area contributed by atoms with E-state index < -0.39 is 10.5 Å². The van der Waals surface area contributed by atoms with Gasteiger partial charge in [0.25, 0.3) is 5.69 Å². The third-order valence-electron chi connectivity index (χ3n) is 3.25. The third-order valence-corrected chi connectivity index (χ3v) is 3.25. The van der Waals surface area contributed by atoms with Gasteiger partial charge in [-0.25, -0.2) is 0 Å². The molecule has 0 aliphatic carbocycles. The van der Waals surface area contributed by atoms with Crippen molar-refractivity contribution >= 4 is 11.4 Å². The molecular weight excluding hydrogens is 246 g/mol. The largest absolute Gasteiger partial charge is 0.388 e. The van der Waals surface area contributed by atoms with E-state index in [2.05, 4.69) is 5.32 Å². The highest BCUT2D eigenvalue weighted by atomic mass is 16.6. The molecule has 0 unspecified atom stereocenters. The van der Waals surface area contributed by atoms with Gasteiger partial charge in [0.05, 0.1) is 22.2 Å². The molecule has 1 rings (SSSR count). The average Bonchev–Trinajstić information content (AvgIpc) is 2.44. The molecule has 0 aromatic heterocycles. The Morgan fingerprint density at radius 3 is 2.58 bits per heavy atom. The summed E-state index contributed by atoms with van der Waals surface area (Å²) in [5, 5.41) is 32.7. The number of rotatable bonds is 6. The molecule has 0 atom stereocenters. The van der Waals surface area contributed by atoms with E-state index in [0.717, 1.165) is 0 Å².